The minimum atomic E-state index is -1.07. The van der Waals surface area contributed by atoms with E-state index in [0.29, 0.717) is 24.9 Å². The number of hydrogen-bond acceptors (Lipinski definition) is 4. The van der Waals surface area contributed by atoms with Crippen LogP contribution in [0.25, 0.3) is 11.0 Å². The predicted octanol–water partition coefficient (Wildman–Crippen LogP) is 4.54. The zero-order valence-electron chi connectivity index (χ0n) is 20.8. The second-order valence-corrected chi connectivity index (χ2v) is 10.1. The number of benzene rings is 2. The van der Waals surface area contributed by atoms with Crippen LogP contribution in [0.4, 0.5) is 0 Å². The number of fused-ring (bicyclic) bond motifs is 3. The van der Waals surface area contributed by atoms with Crippen LogP contribution in [0.5, 0.6) is 5.75 Å². The first-order valence-corrected chi connectivity index (χ1v) is 12.7. The molecule has 1 aliphatic heterocycles. The van der Waals surface area contributed by atoms with E-state index in [1.54, 1.807) is 4.90 Å². The molecule has 0 bridgehead atoms. The van der Waals surface area contributed by atoms with Crippen molar-refractivity contribution in [3.63, 3.8) is 0 Å². The van der Waals surface area contributed by atoms with E-state index in [1.807, 2.05) is 66.9 Å². The molecule has 5 rings (SSSR count). The van der Waals surface area contributed by atoms with Crippen molar-refractivity contribution in [2.45, 2.75) is 71.1 Å². The Balaban J connectivity index is 1.53. The molecule has 0 radical (unpaired) electrons. The Hall–Kier alpha value is -3.35. The summed E-state index contributed by atoms with van der Waals surface area (Å²) in [5, 5.41) is 3.30. The Labute approximate surface area is 206 Å². The lowest BCUT2D eigenvalue weighted by Crippen LogP contribution is -2.64. The van der Waals surface area contributed by atoms with Crippen LogP contribution < -0.4 is 10.1 Å². The van der Waals surface area contributed by atoms with E-state index in [-0.39, 0.29) is 24.4 Å². The van der Waals surface area contributed by atoms with E-state index in [9.17, 15) is 9.59 Å². The highest BCUT2D eigenvalue weighted by atomic mass is 16.5. The Morgan fingerprint density at radius 2 is 1.83 bits per heavy atom. The molecule has 184 valence electrons. The van der Waals surface area contributed by atoms with Crippen molar-refractivity contribution in [3.05, 3.63) is 59.9 Å². The van der Waals surface area contributed by atoms with Gasteiger partial charge in [-0.1, -0.05) is 37.3 Å². The summed E-state index contributed by atoms with van der Waals surface area (Å²) in [4.78, 5) is 34.2. The van der Waals surface area contributed by atoms with Gasteiger partial charge < -0.3 is 19.5 Å². The van der Waals surface area contributed by atoms with E-state index < -0.39 is 5.54 Å². The van der Waals surface area contributed by atoms with Gasteiger partial charge in [-0.25, -0.2) is 4.98 Å². The molecule has 7 nitrogen and oxygen atoms in total. The lowest BCUT2D eigenvalue weighted by molar-refractivity contribution is -0.134. The standard InChI is InChI=1S/C28H34N4O3/c1-4-35-24-12-8-5-9-20(24)17-32-26(33)25-30-22-10-6-7-11-23(22)31(25)18-28(32,3)27(34)29-21-15-13-19(2)14-16-21/h5-12,19,21H,4,13-18H2,1-3H3,(H,29,34)/t19?,21?,28-/m0/s1. The Morgan fingerprint density at radius 3 is 2.60 bits per heavy atom. The zero-order valence-corrected chi connectivity index (χ0v) is 20.8. The summed E-state index contributed by atoms with van der Waals surface area (Å²) in [7, 11) is 0. The molecule has 0 saturated heterocycles. The van der Waals surface area contributed by atoms with Crippen LogP contribution in [0.15, 0.2) is 48.5 Å². The summed E-state index contributed by atoms with van der Waals surface area (Å²) in [5.74, 6) is 1.44. The summed E-state index contributed by atoms with van der Waals surface area (Å²) < 4.78 is 7.74. The van der Waals surface area contributed by atoms with Crippen molar-refractivity contribution in [1.29, 1.82) is 0 Å². The average molecular weight is 475 g/mol. The summed E-state index contributed by atoms with van der Waals surface area (Å²) in [6, 6.07) is 15.6. The van der Waals surface area contributed by atoms with Crippen LogP contribution >= 0.6 is 0 Å². The van der Waals surface area contributed by atoms with Gasteiger partial charge in [0.2, 0.25) is 5.91 Å². The van der Waals surface area contributed by atoms with Gasteiger partial charge in [-0.05, 0) is 63.6 Å². The van der Waals surface area contributed by atoms with Gasteiger partial charge in [0.05, 0.1) is 30.7 Å². The third-order valence-electron chi connectivity index (χ3n) is 7.59. The summed E-state index contributed by atoms with van der Waals surface area (Å²) in [6.07, 6.45) is 4.18. The maximum absolute atomic E-state index is 13.9. The maximum atomic E-state index is 13.9. The van der Waals surface area contributed by atoms with E-state index in [0.717, 1.165) is 48.0 Å². The molecule has 0 unspecified atom stereocenters. The van der Waals surface area contributed by atoms with Crippen molar-refractivity contribution < 1.29 is 14.3 Å². The van der Waals surface area contributed by atoms with Crippen LogP contribution in [0.1, 0.15) is 62.6 Å². The minimum absolute atomic E-state index is 0.109. The Kier molecular flexibility index (Phi) is 6.26. The highest BCUT2D eigenvalue weighted by molar-refractivity contribution is 6.01. The molecule has 1 aliphatic carbocycles. The molecule has 1 atom stereocenters. The number of hydrogen-bond donors (Lipinski definition) is 1. The van der Waals surface area contributed by atoms with Gasteiger partial charge in [0.1, 0.15) is 11.3 Å². The van der Waals surface area contributed by atoms with Crippen LogP contribution in [-0.4, -0.2) is 44.5 Å². The van der Waals surface area contributed by atoms with E-state index in [2.05, 4.69) is 17.2 Å². The number of nitrogens with one attached hydrogen (secondary N) is 1. The number of nitrogens with zero attached hydrogens (tertiary/aromatic N) is 3. The predicted molar refractivity (Wildman–Crippen MR) is 135 cm³/mol. The first-order chi connectivity index (χ1) is 16.9. The zero-order chi connectivity index (χ0) is 24.6. The van der Waals surface area contributed by atoms with Crippen LogP contribution in [0.3, 0.4) is 0 Å². The highest BCUT2D eigenvalue weighted by Crippen LogP contribution is 2.34. The molecule has 2 heterocycles. The first kappa shape index (κ1) is 23.4. The maximum Gasteiger partial charge on any atom is 0.291 e. The second-order valence-electron chi connectivity index (χ2n) is 10.1. The molecule has 3 aromatic rings. The number of ether oxygens (including phenoxy) is 1. The SMILES string of the molecule is CCOc1ccccc1CN1C(=O)c2nc3ccccc3n2C[C@@]1(C)C(=O)NC1CCC(C)CC1. The lowest BCUT2D eigenvalue weighted by Gasteiger charge is -2.44. The third kappa shape index (κ3) is 4.28. The molecule has 1 aromatic heterocycles. The second kappa shape index (κ2) is 9.36. The monoisotopic (exact) mass is 474 g/mol. The number of rotatable bonds is 6. The molecule has 2 aliphatic rings. The molecule has 0 spiro atoms. The topological polar surface area (TPSA) is 76.5 Å². The summed E-state index contributed by atoms with van der Waals surface area (Å²) in [6.45, 7) is 7.23. The number of imidazole rings is 1. The van der Waals surface area contributed by atoms with Gasteiger partial charge in [-0.15, -0.1) is 0 Å². The van der Waals surface area contributed by atoms with E-state index in [1.165, 1.54) is 0 Å². The molecule has 1 fully saturated rings. The van der Waals surface area contributed by atoms with Crippen LogP contribution in [-0.2, 0) is 17.9 Å². The van der Waals surface area contributed by atoms with Crippen molar-refractivity contribution in [3.8, 4) is 5.75 Å². The van der Waals surface area contributed by atoms with E-state index >= 15 is 0 Å². The van der Waals surface area contributed by atoms with Gasteiger partial charge in [0, 0.05) is 11.6 Å². The quantitative estimate of drug-likeness (QED) is 0.569. The fraction of sp³-hybridized carbons (Fsp3) is 0.464. The summed E-state index contributed by atoms with van der Waals surface area (Å²) >= 11 is 0. The highest BCUT2D eigenvalue weighted by Gasteiger charge is 2.49. The van der Waals surface area contributed by atoms with Gasteiger partial charge >= 0.3 is 0 Å². The number of aromatic nitrogens is 2. The minimum Gasteiger partial charge on any atom is -0.494 e. The Morgan fingerprint density at radius 1 is 1.11 bits per heavy atom. The van der Waals surface area contributed by atoms with Crippen LogP contribution in [0.2, 0.25) is 0 Å². The fourth-order valence-corrected chi connectivity index (χ4v) is 5.42. The molecule has 7 heteroatoms. The van der Waals surface area contributed by atoms with Gasteiger partial charge in [-0.2, -0.15) is 0 Å². The number of carbonyl (C=O) groups excluding carboxylic acids is 2. The molecule has 35 heavy (non-hydrogen) atoms. The molecule has 1 saturated carbocycles. The molecular weight excluding hydrogens is 440 g/mol. The normalized spacial score (nSPS) is 24.3. The molecule has 2 amide bonds. The number of carbonyl (C=O) groups is 2. The van der Waals surface area contributed by atoms with Crippen molar-refractivity contribution in [2.75, 3.05) is 6.61 Å². The van der Waals surface area contributed by atoms with Crippen molar-refractivity contribution in [1.82, 2.24) is 19.8 Å². The molecule has 2 aromatic carbocycles. The van der Waals surface area contributed by atoms with E-state index in [4.69, 9.17) is 4.74 Å². The van der Waals surface area contributed by atoms with Crippen molar-refractivity contribution >= 4 is 22.8 Å². The Bertz CT molecular complexity index is 1240. The third-order valence-corrected chi connectivity index (χ3v) is 7.59. The first-order valence-electron chi connectivity index (χ1n) is 12.7. The smallest absolute Gasteiger partial charge is 0.291 e. The molecule has 1 N–H and O–H groups in total. The fourth-order valence-electron chi connectivity index (χ4n) is 5.42. The van der Waals surface area contributed by atoms with Crippen LogP contribution in [0, 0.1) is 5.92 Å². The number of para-hydroxylation sites is 3. The molecular formula is C28H34N4O3. The van der Waals surface area contributed by atoms with Gasteiger partial charge in [0.15, 0.2) is 5.82 Å². The van der Waals surface area contributed by atoms with Gasteiger partial charge in [-0.3, -0.25) is 9.59 Å². The van der Waals surface area contributed by atoms with Crippen molar-refractivity contribution in [2.24, 2.45) is 5.92 Å². The average Bonchev–Trinajstić information content (AvgIpc) is 3.23. The number of amides is 2. The summed E-state index contributed by atoms with van der Waals surface area (Å²) in [5.41, 5.74) is 1.43. The van der Waals surface area contributed by atoms with Gasteiger partial charge in [0.25, 0.3) is 5.91 Å². The largest absolute Gasteiger partial charge is 0.494 e. The lowest BCUT2D eigenvalue weighted by atomic mass is 9.86.